The van der Waals surface area contributed by atoms with Gasteiger partial charge in [0, 0.05) is 6.42 Å². The first-order valence-electron chi connectivity index (χ1n) is 4.78. The standard InChI is InChI=1S/C10H12N2O4/c1-2-5-12(6-9(14)15)10(16)7-3-4-8(13)11-7/h1,7H,3-6H2,(H,11,13)(H,14,15)/t7-/m1/s1. The van der Waals surface area contributed by atoms with Gasteiger partial charge < -0.3 is 15.3 Å². The minimum Gasteiger partial charge on any atom is -0.480 e. The van der Waals surface area contributed by atoms with E-state index >= 15 is 0 Å². The van der Waals surface area contributed by atoms with Crippen LogP contribution in [-0.2, 0) is 14.4 Å². The van der Waals surface area contributed by atoms with E-state index in [2.05, 4.69) is 11.2 Å². The van der Waals surface area contributed by atoms with Crippen molar-refractivity contribution in [1.29, 1.82) is 0 Å². The van der Waals surface area contributed by atoms with Gasteiger partial charge in [-0.1, -0.05) is 5.92 Å². The van der Waals surface area contributed by atoms with E-state index in [-0.39, 0.29) is 18.9 Å². The summed E-state index contributed by atoms with van der Waals surface area (Å²) in [7, 11) is 0. The molecule has 0 bridgehead atoms. The zero-order valence-corrected chi connectivity index (χ0v) is 8.60. The fourth-order valence-electron chi connectivity index (χ4n) is 1.50. The molecule has 2 amide bonds. The van der Waals surface area contributed by atoms with Crippen molar-refractivity contribution < 1.29 is 19.5 Å². The largest absolute Gasteiger partial charge is 0.480 e. The smallest absolute Gasteiger partial charge is 0.323 e. The number of rotatable bonds is 4. The molecule has 1 aliphatic heterocycles. The van der Waals surface area contributed by atoms with E-state index in [0.29, 0.717) is 6.42 Å². The first kappa shape index (κ1) is 12.0. The highest BCUT2D eigenvalue weighted by Gasteiger charge is 2.31. The fraction of sp³-hybridized carbons (Fsp3) is 0.500. The Kier molecular flexibility index (Phi) is 3.89. The Labute approximate surface area is 92.6 Å². The number of carboxylic acid groups (broad SMARTS) is 1. The number of carbonyl (C=O) groups is 3. The highest BCUT2D eigenvalue weighted by atomic mass is 16.4. The fourth-order valence-corrected chi connectivity index (χ4v) is 1.50. The number of terminal acetylenes is 1. The lowest BCUT2D eigenvalue weighted by Crippen LogP contribution is -2.46. The molecule has 1 atom stereocenters. The van der Waals surface area contributed by atoms with E-state index in [9.17, 15) is 14.4 Å². The molecular weight excluding hydrogens is 212 g/mol. The van der Waals surface area contributed by atoms with Crippen LogP contribution in [0, 0.1) is 12.3 Å². The minimum absolute atomic E-state index is 0.0719. The molecule has 0 spiro atoms. The van der Waals surface area contributed by atoms with E-state index in [1.165, 1.54) is 0 Å². The van der Waals surface area contributed by atoms with Crippen molar-refractivity contribution in [2.45, 2.75) is 18.9 Å². The Balaban J connectivity index is 2.63. The molecule has 1 heterocycles. The van der Waals surface area contributed by atoms with Crippen LogP contribution >= 0.6 is 0 Å². The summed E-state index contributed by atoms with van der Waals surface area (Å²) in [4.78, 5) is 34.2. The lowest BCUT2D eigenvalue weighted by atomic mass is 10.2. The quantitative estimate of drug-likeness (QED) is 0.588. The molecule has 1 aliphatic rings. The van der Waals surface area contributed by atoms with Gasteiger partial charge in [-0.05, 0) is 6.42 Å². The number of carbonyl (C=O) groups excluding carboxylic acids is 2. The predicted octanol–water partition coefficient (Wildman–Crippen LogP) is -1.19. The Morgan fingerprint density at radius 2 is 2.31 bits per heavy atom. The lowest BCUT2D eigenvalue weighted by Gasteiger charge is -2.21. The van der Waals surface area contributed by atoms with E-state index in [0.717, 1.165) is 4.90 Å². The van der Waals surface area contributed by atoms with E-state index in [1.807, 2.05) is 0 Å². The zero-order chi connectivity index (χ0) is 12.1. The molecule has 6 nitrogen and oxygen atoms in total. The van der Waals surface area contributed by atoms with Crippen LogP contribution in [0.15, 0.2) is 0 Å². The van der Waals surface area contributed by atoms with Crippen LogP contribution in [0.1, 0.15) is 12.8 Å². The summed E-state index contributed by atoms with van der Waals surface area (Å²) in [6.45, 7) is -0.521. The summed E-state index contributed by atoms with van der Waals surface area (Å²) < 4.78 is 0. The van der Waals surface area contributed by atoms with Gasteiger partial charge in [-0.25, -0.2) is 0 Å². The Hall–Kier alpha value is -2.03. The topological polar surface area (TPSA) is 86.7 Å². The molecule has 0 unspecified atom stereocenters. The molecule has 86 valence electrons. The molecule has 6 heteroatoms. The van der Waals surface area contributed by atoms with Crippen LogP contribution in [0.25, 0.3) is 0 Å². The molecule has 1 rings (SSSR count). The predicted molar refractivity (Wildman–Crippen MR) is 54.2 cm³/mol. The molecule has 16 heavy (non-hydrogen) atoms. The number of aliphatic carboxylic acids is 1. The van der Waals surface area contributed by atoms with Crippen molar-refractivity contribution in [2.75, 3.05) is 13.1 Å². The van der Waals surface area contributed by atoms with Gasteiger partial charge in [0.1, 0.15) is 12.6 Å². The third-order valence-electron chi connectivity index (χ3n) is 2.21. The van der Waals surface area contributed by atoms with Gasteiger partial charge in [-0.2, -0.15) is 0 Å². The van der Waals surface area contributed by atoms with Gasteiger partial charge in [0.15, 0.2) is 0 Å². The first-order valence-corrected chi connectivity index (χ1v) is 4.78. The zero-order valence-electron chi connectivity index (χ0n) is 8.60. The molecule has 0 saturated carbocycles. The number of nitrogens with one attached hydrogen (secondary N) is 1. The van der Waals surface area contributed by atoms with Gasteiger partial charge in [0.25, 0.3) is 0 Å². The maximum Gasteiger partial charge on any atom is 0.323 e. The number of hydrogen-bond donors (Lipinski definition) is 2. The molecule has 0 radical (unpaired) electrons. The SMILES string of the molecule is C#CCN(CC(=O)O)C(=O)[C@H]1CCC(=O)N1. The molecule has 0 aliphatic carbocycles. The molecule has 1 fully saturated rings. The van der Waals surface area contributed by atoms with Crippen LogP contribution in [0.5, 0.6) is 0 Å². The van der Waals surface area contributed by atoms with Gasteiger partial charge in [0.2, 0.25) is 11.8 Å². The number of nitrogens with zero attached hydrogens (tertiary/aromatic N) is 1. The van der Waals surface area contributed by atoms with E-state index < -0.39 is 24.5 Å². The summed E-state index contributed by atoms with van der Waals surface area (Å²) in [5, 5.41) is 11.1. The molecular formula is C10H12N2O4. The maximum atomic E-state index is 11.8. The third-order valence-corrected chi connectivity index (χ3v) is 2.21. The van der Waals surface area contributed by atoms with Crippen LogP contribution in [0.4, 0.5) is 0 Å². The van der Waals surface area contributed by atoms with Gasteiger partial charge in [-0.15, -0.1) is 6.42 Å². The summed E-state index contributed by atoms with van der Waals surface area (Å²) in [5.41, 5.74) is 0. The Morgan fingerprint density at radius 3 is 2.75 bits per heavy atom. The van der Waals surface area contributed by atoms with Crippen LogP contribution in [0.2, 0.25) is 0 Å². The molecule has 1 saturated heterocycles. The molecule has 0 aromatic heterocycles. The van der Waals surface area contributed by atoms with Crippen LogP contribution < -0.4 is 5.32 Å². The van der Waals surface area contributed by atoms with Crippen LogP contribution in [-0.4, -0.2) is 46.9 Å². The van der Waals surface area contributed by atoms with Crippen molar-refractivity contribution in [3.8, 4) is 12.3 Å². The number of carboxylic acids is 1. The Bertz CT molecular complexity index is 358. The van der Waals surface area contributed by atoms with Crippen molar-refractivity contribution in [2.24, 2.45) is 0 Å². The van der Waals surface area contributed by atoms with Crippen molar-refractivity contribution in [3.05, 3.63) is 0 Å². The molecule has 2 N–H and O–H groups in total. The highest BCUT2D eigenvalue weighted by molar-refractivity contribution is 5.92. The van der Waals surface area contributed by atoms with Gasteiger partial charge in [-0.3, -0.25) is 14.4 Å². The lowest BCUT2D eigenvalue weighted by molar-refractivity contribution is -0.144. The summed E-state index contributed by atoms with van der Waals surface area (Å²) >= 11 is 0. The van der Waals surface area contributed by atoms with Crippen molar-refractivity contribution in [1.82, 2.24) is 10.2 Å². The second-order valence-corrected chi connectivity index (χ2v) is 3.45. The molecule has 0 aromatic carbocycles. The second-order valence-electron chi connectivity index (χ2n) is 3.45. The summed E-state index contributed by atoms with van der Waals surface area (Å²) in [6.07, 6.45) is 5.72. The molecule has 0 aromatic rings. The van der Waals surface area contributed by atoms with E-state index in [1.54, 1.807) is 0 Å². The summed E-state index contributed by atoms with van der Waals surface area (Å²) in [5.74, 6) is 0.448. The van der Waals surface area contributed by atoms with Crippen LogP contribution in [0.3, 0.4) is 0 Å². The first-order chi connectivity index (χ1) is 7.54. The average Bonchev–Trinajstić information content (AvgIpc) is 2.62. The average molecular weight is 224 g/mol. The third kappa shape index (κ3) is 2.98. The Morgan fingerprint density at radius 1 is 1.62 bits per heavy atom. The number of hydrogen-bond acceptors (Lipinski definition) is 3. The van der Waals surface area contributed by atoms with Gasteiger partial charge >= 0.3 is 5.97 Å². The maximum absolute atomic E-state index is 11.8. The summed E-state index contributed by atoms with van der Waals surface area (Å²) in [6, 6.07) is -0.639. The normalized spacial score (nSPS) is 18.7. The highest BCUT2D eigenvalue weighted by Crippen LogP contribution is 2.09. The van der Waals surface area contributed by atoms with E-state index in [4.69, 9.17) is 11.5 Å². The van der Waals surface area contributed by atoms with Crippen molar-refractivity contribution >= 4 is 17.8 Å². The van der Waals surface area contributed by atoms with Gasteiger partial charge in [0.05, 0.1) is 6.54 Å². The monoisotopic (exact) mass is 224 g/mol. The minimum atomic E-state index is -1.13. The second kappa shape index (κ2) is 5.16. The van der Waals surface area contributed by atoms with Crippen molar-refractivity contribution in [3.63, 3.8) is 0 Å². The number of amides is 2.